The maximum Gasteiger partial charge on any atom is 0.243 e. The summed E-state index contributed by atoms with van der Waals surface area (Å²) < 4.78 is 18.6. The van der Waals surface area contributed by atoms with E-state index in [1.165, 1.54) is 28.8 Å². The maximum absolute atomic E-state index is 12.9. The average molecular weight is 344 g/mol. The fourth-order valence-electron chi connectivity index (χ4n) is 2.48. The number of benzene rings is 2. The van der Waals surface area contributed by atoms with Crippen molar-refractivity contribution in [2.24, 2.45) is 0 Å². The Morgan fingerprint density at radius 2 is 1.96 bits per heavy atom. The van der Waals surface area contributed by atoms with Gasteiger partial charge in [0.05, 0.1) is 24.7 Å². The highest BCUT2D eigenvalue weighted by molar-refractivity contribution is 8.15. The van der Waals surface area contributed by atoms with E-state index in [-0.39, 0.29) is 16.9 Å². The van der Waals surface area contributed by atoms with E-state index in [1.54, 1.807) is 12.1 Å². The first-order chi connectivity index (χ1) is 11.5. The lowest BCUT2D eigenvalue weighted by molar-refractivity contribution is -0.115. The molecule has 2 aromatic rings. The molecule has 0 radical (unpaired) electrons. The highest BCUT2D eigenvalue weighted by Gasteiger charge is 2.30. The van der Waals surface area contributed by atoms with Crippen LogP contribution in [-0.2, 0) is 22.7 Å². The maximum atomic E-state index is 12.9. The Bertz CT molecular complexity index is 761. The molecule has 0 atom stereocenters. The predicted octanol–water partition coefficient (Wildman–Crippen LogP) is 3.87. The topological polar surface area (TPSA) is 53.4 Å². The Morgan fingerprint density at radius 3 is 2.62 bits per heavy atom. The van der Waals surface area contributed by atoms with Gasteiger partial charge in [-0.3, -0.25) is 15.1 Å². The van der Waals surface area contributed by atoms with E-state index in [2.05, 4.69) is 0 Å². The number of nitrogens with zero attached hydrogens (tertiary/aromatic N) is 1. The minimum absolute atomic E-state index is 0.0876. The third-order valence-corrected chi connectivity index (χ3v) is 4.55. The second kappa shape index (κ2) is 7.15. The Hall–Kier alpha value is -2.18. The summed E-state index contributed by atoms with van der Waals surface area (Å²) in [5.41, 5.74) is 3.45. The van der Waals surface area contributed by atoms with Crippen LogP contribution in [0.2, 0.25) is 0 Å². The molecule has 1 fully saturated rings. The van der Waals surface area contributed by atoms with Crippen LogP contribution in [0.25, 0.3) is 0 Å². The van der Waals surface area contributed by atoms with Crippen LogP contribution in [0.3, 0.4) is 0 Å². The molecule has 0 saturated carbocycles. The third-order valence-electron chi connectivity index (χ3n) is 3.71. The van der Waals surface area contributed by atoms with Crippen LogP contribution in [0, 0.1) is 18.2 Å². The van der Waals surface area contributed by atoms with Crippen LogP contribution in [0.1, 0.15) is 16.7 Å². The summed E-state index contributed by atoms with van der Waals surface area (Å²) in [6.45, 7) is 2.62. The second-order valence-corrected chi connectivity index (χ2v) is 6.54. The first kappa shape index (κ1) is 16.7. The van der Waals surface area contributed by atoms with Gasteiger partial charge in [-0.2, -0.15) is 0 Å². The van der Waals surface area contributed by atoms with Crippen LogP contribution in [0.4, 0.5) is 10.1 Å². The van der Waals surface area contributed by atoms with Gasteiger partial charge in [0, 0.05) is 5.56 Å². The van der Waals surface area contributed by atoms with E-state index in [0.29, 0.717) is 24.7 Å². The van der Waals surface area contributed by atoms with Crippen molar-refractivity contribution in [3.05, 3.63) is 65.0 Å². The van der Waals surface area contributed by atoms with E-state index < -0.39 is 0 Å². The number of aryl methyl sites for hydroxylation is 1. The molecule has 1 aliphatic rings. The van der Waals surface area contributed by atoms with Crippen molar-refractivity contribution >= 4 is 28.5 Å². The lowest BCUT2D eigenvalue weighted by Crippen LogP contribution is -2.29. The Morgan fingerprint density at radius 1 is 1.21 bits per heavy atom. The monoisotopic (exact) mass is 344 g/mol. The van der Waals surface area contributed by atoms with Crippen molar-refractivity contribution in [2.75, 3.05) is 10.7 Å². The number of anilines is 1. The largest absolute Gasteiger partial charge is 0.372 e. The van der Waals surface area contributed by atoms with Gasteiger partial charge >= 0.3 is 0 Å². The molecule has 0 spiro atoms. The molecule has 0 aliphatic carbocycles. The number of rotatable bonds is 5. The van der Waals surface area contributed by atoms with Gasteiger partial charge in [-0.05, 0) is 36.2 Å². The van der Waals surface area contributed by atoms with E-state index in [1.807, 2.05) is 25.1 Å². The number of amidine groups is 1. The van der Waals surface area contributed by atoms with Crippen molar-refractivity contribution in [1.82, 2.24) is 0 Å². The molecular weight excluding hydrogens is 327 g/mol. The van der Waals surface area contributed by atoms with Crippen LogP contribution in [0.15, 0.2) is 42.5 Å². The summed E-state index contributed by atoms with van der Waals surface area (Å²) in [6, 6.07) is 11.9. The third kappa shape index (κ3) is 3.66. The molecule has 4 nitrogen and oxygen atoms in total. The molecule has 1 aliphatic heterocycles. The number of amides is 1. The van der Waals surface area contributed by atoms with E-state index >= 15 is 0 Å². The van der Waals surface area contributed by atoms with Gasteiger partial charge in [0.25, 0.3) is 0 Å². The first-order valence-corrected chi connectivity index (χ1v) is 8.49. The Kier molecular flexibility index (Phi) is 4.97. The summed E-state index contributed by atoms with van der Waals surface area (Å²) in [5.74, 6) is -0.0682. The molecule has 1 heterocycles. The molecule has 124 valence electrons. The van der Waals surface area contributed by atoms with Gasteiger partial charge in [0.15, 0.2) is 5.17 Å². The predicted molar refractivity (Wildman–Crippen MR) is 93.7 cm³/mol. The quantitative estimate of drug-likeness (QED) is 0.896. The van der Waals surface area contributed by atoms with Crippen molar-refractivity contribution in [3.8, 4) is 0 Å². The van der Waals surface area contributed by atoms with Gasteiger partial charge in [0.2, 0.25) is 5.91 Å². The van der Waals surface area contributed by atoms with Crippen molar-refractivity contribution in [3.63, 3.8) is 0 Å². The molecule has 24 heavy (non-hydrogen) atoms. The van der Waals surface area contributed by atoms with Gasteiger partial charge in [-0.1, -0.05) is 36.0 Å². The van der Waals surface area contributed by atoms with Gasteiger partial charge < -0.3 is 4.74 Å². The van der Waals surface area contributed by atoms with E-state index in [4.69, 9.17) is 10.1 Å². The normalized spacial score (nSPS) is 14.5. The fraction of sp³-hybridized carbons (Fsp3) is 0.222. The van der Waals surface area contributed by atoms with Crippen LogP contribution < -0.4 is 4.90 Å². The van der Waals surface area contributed by atoms with Crippen molar-refractivity contribution in [1.29, 1.82) is 5.41 Å². The van der Waals surface area contributed by atoms with Gasteiger partial charge in [-0.25, -0.2) is 4.39 Å². The lowest BCUT2D eigenvalue weighted by Gasteiger charge is -2.20. The van der Waals surface area contributed by atoms with Crippen molar-refractivity contribution in [2.45, 2.75) is 20.1 Å². The number of carbonyl (C=O) groups is 1. The van der Waals surface area contributed by atoms with Crippen molar-refractivity contribution < 1.29 is 13.9 Å². The summed E-state index contributed by atoms with van der Waals surface area (Å²) in [5, 5.41) is 8.21. The fourth-order valence-corrected chi connectivity index (χ4v) is 3.20. The second-order valence-electron chi connectivity index (χ2n) is 5.57. The zero-order valence-electron chi connectivity index (χ0n) is 13.2. The molecular formula is C18H17FN2O2S. The van der Waals surface area contributed by atoms with E-state index in [9.17, 15) is 9.18 Å². The number of carbonyl (C=O) groups excluding carboxylic acids is 1. The molecule has 1 amide bonds. The first-order valence-electron chi connectivity index (χ1n) is 7.50. The van der Waals surface area contributed by atoms with Gasteiger partial charge in [0.1, 0.15) is 5.82 Å². The molecule has 1 N–H and O–H groups in total. The average Bonchev–Trinajstić information content (AvgIpc) is 2.89. The molecule has 0 bridgehead atoms. The number of hydrogen-bond acceptors (Lipinski definition) is 4. The highest BCUT2D eigenvalue weighted by atomic mass is 32.2. The van der Waals surface area contributed by atoms with Crippen LogP contribution in [0.5, 0.6) is 0 Å². The number of hydrogen-bond donors (Lipinski definition) is 1. The molecule has 1 saturated heterocycles. The Balaban J connectivity index is 1.74. The highest BCUT2D eigenvalue weighted by Crippen LogP contribution is 2.30. The van der Waals surface area contributed by atoms with E-state index in [0.717, 1.165) is 16.7 Å². The number of ether oxygens (including phenoxy) is 1. The van der Waals surface area contributed by atoms with Crippen LogP contribution in [-0.4, -0.2) is 16.8 Å². The number of thioether (sulfide) groups is 1. The molecule has 2 aromatic carbocycles. The standard InChI is InChI=1S/C18H17FN2O2S/c1-12-2-5-14(10-23-9-13-3-6-15(19)7-4-13)16(8-12)21-17(22)11-24-18(21)20/h2-8,20H,9-11H2,1H3. The summed E-state index contributed by atoms with van der Waals surface area (Å²) in [4.78, 5) is 13.5. The molecule has 3 rings (SSSR count). The summed E-state index contributed by atoms with van der Waals surface area (Å²) in [6.07, 6.45) is 0. The minimum Gasteiger partial charge on any atom is -0.372 e. The summed E-state index contributed by atoms with van der Waals surface area (Å²) >= 11 is 1.23. The zero-order chi connectivity index (χ0) is 17.1. The lowest BCUT2D eigenvalue weighted by atomic mass is 10.1. The molecule has 6 heteroatoms. The SMILES string of the molecule is Cc1ccc(COCc2ccc(F)cc2)c(N2C(=N)SCC2=O)c1. The number of nitrogens with one attached hydrogen (secondary N) is 1. The number of halogens is 1. The molecule has 0 aromatic heterocycles. The smallest absolute Gasteiger partial charge is 0.243 e. The molecule has 0 unspecified atom stereocenters. The summed E-state index contributed by atoms with van der Waals surface area (Å²) in [7, 11) is 0. The minimum atomic E-state index is -0.275. The zero-order valence-corrected chi connectivity index (χ0v) is 14.0. The Labute approximate surface area is 144 Å². The van der Waals surface area contributed by atoms with Gasteiger partial charge in [-0.15, -0.1) is 0 Å². The van der Waals surface area contributed by atoms with Crippen LogP contribution >= 0.6 is 11.8 Å².